The Labute approximate surface area is 149 Å². The lowest BCUT2D eigenvalue weighted by Gasteiger charge is -2.13. The molecule has 0 spiro atoms. The maximum Gasteiger partial charge on any atom is 0.324 e. The molecule has 1 unspecified atom stereocenters. The van der Waals surface area contributed by atoms with Crippen LogP contribution < -0.4 is 10.6 Å². The van der Waals surface area contributed by atoms with E-state index >= 15 is 0 Å². The summed E-state index contributed by atoms with van der Waals surface area (Å²) in [6.07, 6.45) is 0.740. The molecular weight excluding hydrogens is 340 g/mol. The van der Waals surface area contributed by atoms with Crippen molar-refractivity contribution in [3.05, 3.63) is 29.3 Å². The highest BCUT2D eigenvalue weighted by atomic mass is 32.1. The van der Waals surface area contributed by atoms with E-state index in [-0.39, 0.29) is 43.3 Å². The Bertz CT molecular complexity index is 755. The zero-order chi connectivity index (χ0) is 17.8. The van der Waals surface area contributed by atoms with Crippen LogP contribution in [0.4, 0.5) is 4.79 Å². The van der Waals surface area contributed by atoms with Gasteiger partial charge in [-0.3, -0.25) is 14.5 Å². The van der Waals surface area contributed by atoms with Gasteiger partial charge in [-0.2, -0.15) is 0 Å². The number of para-hydroxylation sites is 1. The minimum Gasteiger partial charge on any atom is -0.355 e. The van der Waals surface area contributed by atoms with E-state index < -0.39 is 0 Å². The summed E-state index contributed by atoms with van der Waals surface area (Å²) in [5.41, 5.74) is 0.981. The van der Waals surface area contributed by atoms with Crippen LogP contribution in [0.15, 0.2) is 24.3 Å². The molecular formula is C17H20N4O3S. The predicted molar refractivity (Wildman–Crippen MR) is 95.4 cm³/mol. The number of fused-ring (bicyclic) bond motifs is 1. The molecule has 1 saturated heterocycles. The normalized spacial score (nSPS) is 15.5. The Morgan fingerprint density at radius 2 is 2.20 bits per heavy atom. The van der Waals surface area contributed by atoms with E-state index in [2.05, 4.69) is 15.6 Å². The summed E-state index contributed by atoms with van der Waals surface area (Å²) in [5.74, 6) is -0.192. The van der Waals surface area contributed by atoms with Crippen molar-refractivity contribution in [2.45, 2.75) is 25.7 Å². The molecule has 1 aromatic heterocycles. The Hall–Kier alpha value is -2.48. The second-order valence-electron chi connectivity index (χ2n) is 6.03. The molecule has 2 aromatic rings. The number of carbonyl (C=O) groups is 3. The zero-order valence-electron chi connectivity index (χ0n) is 13.9. The SMILES string of the molecule is CC(CNC(=O)CCCN1C(=O)CNC1=O)c1nc2ccccc2s1. The highest BCUT2D eigenvalue weighted by Crippen LogP contribution is 2.26. The smallest absolute Gasteiger partial charge is 0.324 e. The van der Waals surface area contributed by atoms with Crippen molar-refractivity contribution < 1.29 is 14.4 Å². The number of amides is 4. The van der Waals surface area contributed by atoms with E-state index in [1.54, 1.807) is 11.3 Å². The largest absolute Gasteiger partial charge is 0.355 e. The summed E-state index contributed by atoms with van der Waals surface area (Å²) >= 11 is 1.64. The van der Waals surface area contributed by atoms with Crippen LogP contribution in [0.1, 0.15) is 30.7 Å². The first-order chi connectivity index (χ1) is 12.0. The molecule has 1 atom stereocenters. The van der Waals surface area contributed by atoms with Gasteiger partial charge < -0.3 is 10.6 Å². The second-order valence-corrected chi connectivity index (χ2v) is 7.09. The van der Waals surface area contributed by atoms with Gasteiger partial charge in [-0.1, -0.05) is 19.1 Å². The van der Waals surface area contributed by atoms with Gasteiger partial charge in [0, 0.05) is 25.4 Å². The summed E-state index contributed by atoms with van der Waals surface area (Å²) < 4.78 is 1.14. The highest BCUT2D eigenvalue weighted by Gasteiger charge is 2.27. The molecule has 0 aliphatic carbocycles. The highest BCUT2D eigenvalue weighted by molar-refractivity contribution is 7.18. The molecule has 2 heterocycles. The van der Waals surface area contributed by atoms with Crippen molar-refractivity contribution in [2.24, 2.45) is 0 Å². The lowest BCUT2D eigenvalue weighted by molar-refractivity contribution is -0.126. The molecule has 4 amide bonds. The van der Waals surface area contributed by atoms with Crippen LogP contribution in [0, 0.1) is 0 Å². The van der Waals surface area contributed by atoms with E-state index in [1.165, 1.54) is 0 Å². The number of urea groups is 1. The summed E-state index contributed by atoms with van der Waals surface area (Å²) in [7, 11) is 0. The van der Waals surface area contributed by atoms with Gasteiger partial charge in [0.1, 0.15) is 0 Å². The lowest BCUT2D eigenvalue weighted by Crippen LogP contribution is -2.33. The van der Waals surface area contributed by atoms with E-state index in [0.29, 0.717) is 13.0 Å². The first-order valence-corrected chi connectivity index (χ1v) is 9.06. The summed E-state index contributed by atoms with van der Waals surface area (Å²) in [4.78, 5) is 40.5. The van der Waals surface area contributed by atoms with Crippen molar-refractivity contribution in [1.29, 1.82) is 0 Å². The van der Waals surface area contributed by atoms with Crippen LogP contribution in [-0.2, 0) is 9.59 Å². The molecule has 2 N–H and O–H groups in total. The summed E-state index contributed by atoms with van der Waals surface area (Å²) in [6.45, 7) is 2.86. The number of hydrogen-bond acceptors (Lipinski definition) is 5. The van der Waals surface area contributed by atoms with Gasteiger partial charge in [0.05, 0.1) is 21.8 Å². The maximum atomic E-state index is 12.0. The van der Waals surface area contributed by atoms with Gasteiger partial charge in [0.25, 0.3) is 0 Å². The predicted octanol–water partition coefficient (Wildman–Crippen LogP) is 1.85. The molecule has 0 radical (unpaired) electrons. The van der Waals surface area contributed by atoms with Crippen LogP contribution in [0.3, 0.4) is 0 Å². The average Bonchev–Trinajstić information content (AvgIpc) is 3.17. The molecule has 8 heteroatoms. The van der Waals surface area contributed by atoms with Crippen molar-refractivity contribution in [2.75, 3.05) is 19.6 Å². The monoisotopic (exact) mass is 360 g/mol. The van der Waals surface area contributed by atoms with Crippen molar-refractivity contribution in [3.8, 4) is 0 Å². The minimum absolute atomic E-state index is 0.0463. The molecule has 0 bridgehead atoms. The third-order valence-corrected chi connectivity index (χ3v) is 5.33. The topological polar surface area (TPSA) is 91.4 Å². The number of nitrogens with zero attached hydrogens (tertiary/aromatic N) is 2. The molecule has 1 fully saturated rings. The Morgan fingerprint density at radius 3 is 2.92 bits per heavy atom. The van der Waals surface area contributed by atoms with E-state index in [9.17, 15) is 14.4 Å². The Kier molecular flexibility index (Phi) is 5.28. The second kappa shape index (κ2) is 7.60. The van der Waals surface area contributed by atoms with Crippen molar-refractivity contribution >= 4 is 39.4 Å². The fourth-order valence-corrected chi connectivity index (χ4v) is 3.64. The molecule has 3 rings (SSSR count). The van der Waals surface area contributed by atoms with Crippen molar-refractivity contribution in [1.82, 2.24) is 20.5 Å². The van der Waals surface area contributed by atoms with Gasteiger partial charge in [-0.15, -0.1) is 11.3 Å². The number of hydrogen-bond donors (Lipinski definition) is 2. The van der Waals surface area contributed by atoms with Crippen LogP contribution in [-0.4, -0.2) is 47.4 Å². The number of rotatable bonds is 7. The van der Waals surface area contributed by atoms with Gasteiger partial charge >= 0.3 is 6.03 Å². The van der Waals surface area contributed by atoms with Crippen LogP contribution in [0.5, 0.6) is 0 Å². The van der Waals surface area contributed by atoms with E-state index in [0.717, 1.165) is 20.1 Å². The average molecular weight is 360 g/mol. The number of imide groups is 1. The summed E-state index contributed by atoms with van der Waals surface area (Å²) in [6, 6.07) is 7.59. The molecule has 132 valence electrons. The van der Waals surface area contributed by atoms with E-state index in [1.807, 2.05) is 31.2 Å². The number of thiazole rings is 1. The number of aromatic nitrogens is 1. The fraction of sp³-hybridized carbons (Fsp3) is 0.412. The van der Waals surface area contributed by atoms with Gasteiger partial charge in [-0.25, -0.2) is 9.78 Å². The molecule has 25 heavy (non-hydrogen) atoms. The first-order valence-electron chi connectivity index (χ1n) is 8.25. The quantitative estimate of drug-likeness (QED) is 0.737. The Morgan fingerprint density at radius 1 is 1.40 bits per heavy atom. The number of benzene rings is 1. The molecule has 1 aromatic carbocycles. The van der Waals surface area contributed by atoms with Crippen LogP contribution >= 0.6 is 11.3 Å². The van der Waals surface area contributed by atoms with Crippen molar-refractivity contribution in [3.63, 3.8) is 0 Å². The van der Waals surface area contributed by atoms with Crippen LogP contribution in [0.25, 0.3) is 10.2 Å². The lowest BCUT2D eigenvalue weighted by atomic mass is 10.2. The molecule has 1 aliphatic heterocycles. The number of carbonyl (C=O) groups excluding carboxylic acids is 3. The summed E-state index contributed by atoms with van der Waals surface area (Å²) in [5, 5.41) is 6.36. The van der Waals surface area contributed by atoms with Gasteiger partial charge in [-0.05, 0) is 18.6 Å². The number of nitrogens with one attached hydrogen (secondary N) is 2. The van der Waals surface area contributed by atoms with Gasteiger partial charge in [0.15, 0.2) is 0 Å². The maximum absolute atomic E-state index is 12.0. The van der Waals surface area contributed by atoms with Gasteiger partial charge in [0.2, 0.25) is 11.8 Å². The molecule has 1 aliphatic rings. The zero-order valence-corrected chi connectivity index (χ0v) is 14.8. The first kappa shape index (κ1) is 17.3. The molecule has 0 saturated carbocycles. The standard InChI is InChI=1S/C17H20N4O3S/c1-11(16-20-12-5-2-3-6-13(12)25-16)9-18-14(22)7-4-8-21-15(23)10-19-17(21)24/h2-3,5-6,11H,4,7-10H2,1H3,(H,18,22)(H,19,24). The van der Waals surface area contributed by atoms with Crippen LogP contribution in [0.2, 0.25) is 0 Å². The fourth-order valence-electron chi connectivity index (χ4n) is 2.62. The minimum atomic E-state index is -0.380. The third kappa shape index (κ3) is 4.14. The Balaban J connectivity index is 1.42. The third-order valence-electron chi connectivity index (χ3n) is 4.06. The van der Waals surface area contributed by atoms with E-state index in [4.69, 9.17) is 0 Å². The molecule has 7 nitrogen and oxygen atoms in total.